The predicted octanol–water partition coefficient (Wildman–Crippen LogP) is 5.25. The van der Waals surface area contributed by atoms with Crippen molar-refractivity contribution in [2.24, 2.45) is 0 Å². The average Bonchev–Trinajstić information content (AvgIpc) is 2.82. The van der Waals surface area contributed by atoms with Crippen LogP contribution in [-0.2, 0) is 4.79 Å². The number of para-hydroxylation sites is 2. The summed E-state index contributed by atoms with van der Waals surface area (Å²) in [6.07, 6.45) is -4.48. The zero-order valence-corrected chi connectivity index (χ0v) is 19.0. The van der Waals surface area contributed by atoms with Crippen molar-refractivity contribution < 1.29 is 32.2 Å². The minimum atomic E-state index is -4.48. The molecule has 0 aliphatic heterocycles. The fourth-order valence-electron chi connectivity index (χ4n) is 3.08. The fraction of sp³-hybridized carbons (Fsp3) is 0.200. The molecule has 0 bridgehead atoms. The first-order chi connectivity index (χ1) is 16.6. The van der Waals surface area contributed by atoms with Gasteiger partial charge in [-0.15, -0.1) is 0 Å². The van der Waals surface area contributed by atoms with E-state index in [1.54, 1.807) is 67.6 Å². The molecule has 0 radical (unpaired) electrons. The Kier molecular flexibility index (Phi) is 8.19. The summed E-state index contributed by atoms with van der Waals surface area (Å²) in [6, 6.07) is 17.9. The molecule has 35 heavy (non-hydrogen) atoms. The number of carbonyl (C=O) groups is 2. The SMILES string of the molecule is COc1ccccc1NC(=O)c1ccc(NC(=O)CNc2ccc(C)cc2OCC(F)(F)F)cc1. The second-order valence-corrected chi connectivity index (χ2v) is 7.54. The van der Waals surface area contributed by atoms with Crippen LogP contribution in [0.3, 0.4) is 0 Å². The molecule has 2 amide bonds. The normalized spacial score (nSPS) is 10.9. The molecule has 3 N–H and O–H groups in total. The maximum Gasteiger partial charge on any atom is 0.422 e. The molecule has 0 saturated carbocycles. The molecule has 0 unspecified atom stereocenters. The number of aryl methyl sites for hydroxylation is 1. The highest BCUT2D eigenvalue weighted by atomic mass is 19.4. The largest absolute Gasteiger partial charge is 0.495 e. The van der Waals surface area contributed by atoms with Gasteiger partial charge in [0.25, 0.3) is 5.91 Å². The van der Waals surface area contributed by atoms with Crippen molar-refractivity contribution in [1.29, 1.82) is 0 Å². The van der Waals surface area contributed by atoms with E-state index in [1.165, 1.54) is 13.2 Å². The van der Waals surface area contributed by atoms with Crippen LogP contribution in [0.2, 0.25) is 0 Å². The second kappa shape index (κ2) is 11.3. The van der Waals surface area contributed by atoms with Crippen LogP contribution in [0, 0.1) is 6.92 Å². The summed E-state index contributed by atoms with van der Waals surface area (Å²) in [5.41, 5.74) is 2.32. The molecule has 0 heterocycles. The number of ether oxygens (including phenoxy) is 2. The summed E-state index contributed by atoms with van der Waals surface area (Å²) in [5.74, 6) is -0.253. The lowest BCUT2D eigenvalue weighted by molar-refractivity contribution is -0.153. The van der Waals surface area contributed by atoms with Gasteiger partial charge in [-0.3, -0.25) is 9.59 Å². The molecule has 3 aromatic carbocycles. The van der Waals surface area contributed by atoms with Gasteiger partial charge in [-0.25, -0.2) is 0 Å². The van der Waals surface area contributed by atoms with Crippen molar-refractivity contribution in [1.82, 2.24) is 0 Å². The van der Waals surface area contributed by atoms with Crippen LogP contribution >= 0.6 is 0 Å². The number of carbonyl (C=O) groups excluding carboxylic acids is 2. The number of rotatable bonds is 9. The Morgan fingerprint density at radius 2 is 1.60 bits per heavy atom. The van der Waals surface area contributed by atoms with Crippen LogP contribution in [0.4, 0.5) is 30.2 Å². The molecule has 3 rings (SSSR count). The Morgan fingerprint density at radius 3 is 2.29 bits per heavy atom. The van der Waals surface area contributed by atoms with E-state index in [-0.39, 0.29) is 23.9 Å². The minimum Gasteiger partial charge on any atom is -0.495 e. The predicted molar refractivity (Wildman–Crippen MR) is 127 cm³/mol. The van der Waals surface area contributed by atoms with E-state index in [0.29, 0.717) is 28.3 Å². The van der Waals surface area contributed by atoms with Crippen molar-refractivity contribution in [2.45, 2.75) is 13.1 Å². The summed E-state index contributed by atoms with van der Waals surface area (Å²) in [6.45, 7) is 0.0764. The van der Waals surface area contributed by atoms with Gasteiger partial charge in [0.2, 0.25) is 5.91 Å². The first-order valence-electron chi connectivity index (χ1n) is 10.5. The molecular formula is C25H24F3N3O4. The van der Waals surface area contributed by atoms with Crippen molar-refractivity contribution in [3.05, 3.63) is 77.9 Å². The van der Waals surface area contributed by atoms with Crippen molar-refractivity contribution in [2.75, 3.05) is 36.2 Å². The summed E-state index contributed by atoms with van der Waals surface area (Å²) >= 11 is 0. The number of benzene rings is 3. The lowest BCUT2D eigenvalue weighted by Gasteiger charge is -2.15. The van der Waals surface area contributed by atoms with E-state index in [4.69, 9.17) is 9.47 Å². The second-order valence-electron chi connectivity index (χ2n) is 7.54. The van der Waals surface area contributed by atoms with Crippen LogP contribution in [0.5, 0.6) is 11.5 Å². The number of halogens is 3. The lowest BCUT2D eigenvalue weighted by Crippen LogP contribution is -2.23. The van der Waals surface area contributed by atoms with E-state index in [2.05, 4.69) is 16.0 Å². The Bertz CT molecular complexity index is 1180. The Morgan fingerprint density at radius 1 is 0.886 bits per heavy atom. The molecular weight excluding hydrogens is 463 g/mol. The van der Waals surface area contributed by atoms with E-state index < -0.39 is 18.7 Å². The van der Waals surface area contributed by atoms with Crippen LogP contribution in [-0.4, -0.2) is 38.3 Å². The summed E-state index contributed by atoms with van der Waals surface area (Å²) in [7, 11) is 1.51. The zero-order valence-electron chi connectivity index (χ0n) is 19.0. The third-order valence-corrected chi connectivity index (χ3v) is 4.75. The maximum absolute atomic E-state index is 12.5. The van der Waals surface area contributed by atoms with Crippen LogP contribution < -0.4 is 25.4 Å². The van der Waals surface area contributed by atoms with Gasteiger partial charge in [0.05, 0.1) is 25.0 Å². The molecule has 0 atom stereocenters. The van der Waals surface area contributed by atoms with E-state index in [9.17, 15) is 22.8 Å². The van der Waals surface area contributed by atoms with Gasteiger partial charge < -0.3 is 25.4 Å². The molecule has 184 valence electrons. The maximum atomic E-state index is 12.5. The third kappa shape index (κ3) is 7.66. The highest BCUT2D eigenvalue weighted by Gasteiger charge is 2.29. The molecule has 0 aromatic heterocycles. The van der Waals surface area contributed by atoms with Gasteiger partial charge in [-0.2, -0.15) is 13.2 Å². The smallest absolute Gasteiger partial charge is 0.422 e. The Labute approximate surface area is 200 Å². The number of anilines is 3. The van der Waals surface area contributed by atoms with Gasteiger partial charge in [0.1, 0.15) is 11.5 Å². The molecule has 7 nitrogen and oxygen atoms in total. The van der Waals surface area contributed by atoms with Gasteiger partial charge in [0, 0.05) is 11.3 Å². The number of alkyl halides is 3. The third-order valence-electron chi connectivity index (χ3n) is 4.75. The zero-order chi connectivity index (χ0) is 25.4. The quantitative estimate of drug-likeness (QED) is 0.384. The van der Waals surface area contributed by atoms with Gasteiger partial charge in [-0.1, -0.05) is 18.2 Å². The van der Waals surface area contributed by atoms with Gasteiger partial charge in [-0.05, 0) is 61.0 Å². The molecule has 0 aliphatic carbocycles. The molecule has 0 saturated heterocycles. The number of hydrogen-bond donors (Lipinski definition) is 3. The van der Waals surface area contributed by atoms with Crippen molar-refractivity contribution in [3.8, 4) is 11.5 Å². The molecule has 3 aromatic rings. The first kappa shape index (κ1) is 25.4. The lowest BCUT2D eigenvalue weighted by atomic mass is 10.2. The number of methoxy groups -OCH3 is 1. The standard InChI is InChI=1S/C25H24F3N3O4/c1-16-7-12-19(22(13-16)35-15-25(26,27)28)29-14-23(32)30-18-10-8-17(9-11-18)24(33)31-20-5-3-4-6-21(20)34-2/h3-13,29H,14-15H2,1-2H3,(H,30,32)(H,31,33). The van der Waals surface area contributed by atoms with Crippen LogP contribution in [0.15, 0.2) is 66.7 Å². The Balaban J connectivity index is 1.56. The monoisotopic (exact) mass is 487 g/mol. The Hall–Kier alpha value is -4.21. The summed E-state index contributed by atoms with van der Waals surface area (Å²) in [4.78, 5) is 24.8. The molecule has 0 fully saturated rings. The van der Waals surface area contributed by atoms with Gasteiger partial charge in [0.15, 0.2) is 6.61 Å². The average molecular weight is 487 g/mol. The highest BCUT2D eigenvalue weighted by Crippen LogP contribution is 2.28. The highest BCUT2D eigenvalue weighted by molar-refractivity contribution is 6.05. The molecule has 0 spiro atoms. The number of amides is 2. The van der Waals surface area contributed by atoms with Crippen LogP contribution in [0.25, 0.3) is 0 Å². The van der Waals surface area contributed by atoms with Gasteiger partial charge >= 0.3 is 6.18 Å². The molecule has 10 heteroatoms. The first-order valence-corrected chi connectivity index (χ1v) is 10.5. The summed E-state index contributed by atoms with van der Waals surface area (Å²) in [5, 5.41) is 8.21. The number of nitrogens with one attached hydrogen (secondary N) is 3. The van der Waals surface area contributed by atoms with Crippen molar-refractivity contribution >= 4 is 28.9 Å². The molecule has 0 aliphatic rings. The fourth-order valence-corrected chi connectivity index (χ4v) is 3.08. The minimum absolute atomic E-state index is 0.000497. The van der Waals surface area contributed by atoms with Crippen LogP contribution in [0.1, 0.15) is 15.9 Å². The number of hydrogen-bond acceptors (Lipinski definition) is 5. The summed E-state index contributed by atoms with van der Waals surface area (Å²) < 4.78 is 47.6. The topological polar surface area (TPSA) is 88.7 Å². The van der Waals surface area contributed by atoms with E-state index >= 15 is 0 Å². The van der Waals surface area contributed by atoms with E-state index in [1.807, 2.05) is 0 Å². The van der Waals surface area contributed by atoms with Crippen molar-refractivity contribution in [3.63, 3.8) is 0 Å². The van der Waals surface area contributed by atoms with E-state index in [0.717, 1.165) is 0 Å².